The highest BCUT2D eigenvalue weighted by Gasteiger charge is 2.28. The Kier molecular flexibility index (Phi) is 3.62. The molecule has 1 atom stereocenters. The van der Waals surface area contributed by atoms with E-state index in [1.165, 1.54) is 5.56 Å². The average Bonchev–Trinajstić information content (AvgIpc) is 2.41. The van der Waals surface area contributed by atoms with Crippen LogP contribution in [0.3, 0.4) is 0 Å². The van der Waals surface area contributed by atoms with Gasteiger partial charge >= 0.3 is 0 Å². The van der Waals surface area contributed by atoms with Crippen molar-refractivity contribution < 1.29 is 9.47 Å². The minimum Gasteiger partial charge on any atom is -0.486 e. The maximum atomic E-state index is 5.67. The van der Waals surface area contributed by atoms with Crippen LogP contribution in [0.4, 0.5) is 0 Å². The number of ether oxygens (including phenoxy) is 2. The van der Waals surface area contributed by atoms with Gasteiger partial charge in [-0.2, -0.15) is 0 Å². The molecule has 0 radical (unpaired) electrons. The standard InChI is InChI=1S/C15H22N2O2/c1-3-17(13-9-16-10-13)11(2)12-4-5-14-15(8-12)19-7-6-18-14/h4-5,8,11,13,16H,3,6-7,9-10H2,1-2H3. The van der Waals surface area contributed by atoms with Gasteiger partial charge in [0.15, 0.2) is 11.5 Å². The normalized spacial score (nSPS) is 20.2. The van der Waals surface area contributed by atoms with Gasteiger partial charge in [-0.15, -0.1) is 0 Å². The van der Waals surface area contributed by atoms with Crippen LogP contribution in [-0.4, -0.2) is 43.8 Å². The summed E-state index contributed by atoms with van der Waals surface area (Å²) in [4.78, 5) is 2.54. The van der Waals surface area contributed by atoms with Crippen molar-refractivity contribution >= 4 is 0 Å². The highest BCUT2D eigenvalue weighted by atomic mass is 16.6. The number of hydrogen-bond donors (Lipinski definition) is 1. The molecule has 3 rings (SSSR count). The first kappa shape index (κ1) is 12.8. The molecule has 4 nitrogen and oxygen atoms in total. The molecule has 1 N–H and O–H groups in total. The van der Waals surface area contributed by atoms with Gasteiger partial charge in [0.25, 0.3) is 0 Å². The van der Waals surface area contributed by atoms with Gasteiger partial charge in [0.1, 0.15) is 13.2 Å². The summed E-state index contributed by atoms with van der Waals surface area (Å²) >= 11 is 0. The second kappa shape index (κ2) is 5.39. The number of likely N-dealkylation sites (N-methyl/N-ethyl adjacent to an activating group) is 1. The fourth-order valence-corrected chi connectivity index (χ4v) is 2.87. The lowest BCUT2D eigenvalue weighted by molar-refractivity contribution is 0.109. The number of nitrogens with one attached hydrogen (secondary N) is 1. The van der Waals surface area contributed by atoms with Gasteiger partial charge in [-0.05, 0) is 31.2 Å². The zero-order valence-electron chi connectivity index (χ0n) is 11.7. The van der Waals surface area contributed by atoms with E-state index in [1.807, 2.05) is 6.07 Å². The first-order valence-corrected chi connectivity index (χ1v) is 7.15. The van der Waals surface area contributed by atoms with E-state index in [9.17, 15) is 0 Å². The molecule has 0 saturated carbocycles. The Morgan fingerprint density at radius 2 is 2.00 bits per heavy atom. The topological polar surface area (TPSA) is 33.7 Å². The van der Waals surface area contributed by atoms with Crippen LogP contribution in [-0.2, 0) is 0 Å². The van der Waals surface area contributed by atoms with Gasteiger partial charge in [0.05, 0.1) is 0 Å². The lowest BCUT2D eigenvalue weighted by Crippen LogP contribution is -2.57. The summed E-state index contributed by atoms with van der Waals surface area (Å²) in [6.45, 7) is 9.07. The highest BCUT2D eigenvalue weighted by Crippen LogP contribution is 2.34. The monoisotopic (exact) mass is 262 g/mol. The predicted octanol–water partition coefficient (Wildman–Crippen LogP) is 1.81. The molecule has 1 fully saturated rings. The van der Waals surface area contributed by atoms with Gasteiger partial charge in [-0.3, -0.25) is 4.90 Å². The zero-order valence-corrected chi connectivity index (χ0v) is 11.7. The first-order valence-electron chi connectivity index (χ1n) is 7.15. The summed E-state index contributed by atoms with van der Waals surface area (Å²) in [5.74, 6) is 1.76. The maximum absolute atomic E-state index is 5.67. The smallest absolute Gasteiger partial charge is 0.161 e. The van der Waals surface area contributed by atoms with Crippen molar-refractivity contribution in [2.75, 3.05) is 32.8 Å². The van der Waals surface area contributed by atoms with Gasteiger partial charge in [0.2, 0.25) is 0 Å². The molecule has 0 aromatic heterocycles. The van der Waals surface area contributed by atoms with Gasteiger partial charge in [-0.1, -0.05) is 13.0 Å². The van der Waals surface area contributed by atoms with Gasteiger partial charge < -0.3 is 14.8 Å². The Bertz CT molecular complexity index is 446. The second-order valence-corrected chi connectivity index (χ2v) is 5.22. The number of fused-ring (bicyclic) bond motifs is 1. The number of nitrogens with zero attached hydrogens (tertiary/aromatic N) is 1. The molecule has 1 unspecified atom stereocenters. The first-order chi connectivity index (χ1) is 9.29. The molecule has 0 bridgehead atoms. The summed E-state index contributed by atoms with van der Waals surface area (Å²) in [5, 5.41) is 3.35. The molecule has 1 aromatic carbocycles. The molecule has 19 heavy (non-hydrogen) atoms. The molecule has 4 heteroatoms. The van der Waals surface area contributed by atoms with E-state index in [1.54, 1.807) is 0 Å². The fraction of sp³-hybridized carbons (Fsp3) is 0.600. The predicted molar refractivity (Wildman–Crippen MR) is 74.9 cm³/mol. The van der Waals surface area contributed by atoms with Crippen molar-refractivity contribution in [3.8, 4) is 11.5 Å². The molecule has 2 heterocycles. The van der Waals surface area contributed by atoms with Crippen LogP contribution >= 0.6 is 0 Å². The van der Waals surface area contributed by atoms with Gasteiger partial charge in [0, 0.05) is 25.2 Å². The van der Waals surface area contributed by atoms with Crippen LogP contribution in [0.15, 0.2) is 18.2 Å². The SMILES string of the molecule is CCN(C1CNC1)C(C)c1ccc2c(c1)OCCO2. The Hall–Kier alpha value is -1.26. The van der Waals surface area contributed by atoms with Crippen molar-refractivity contribution in [3.63, 3.8) is 0 Å². The Labute approximate surface area is 114 Å². The third-order valence-electron chi connectivity index (χ3n) is 4.14. The lowest BCUT2D eigenvalue weighted by atomic mass is 10.0. The molecule has 1 saturated heterocycles. The second-order valence-electron chi connectivity index (χ2n) is 5.22. The van der Waals surface area contributed by atoms with E-state index in [2.05, 4.69) is 36.2 Å². The van der Waals surface area contributed by atoms with Crippen LogP contribution < -0.4 is 14.8 Å². The highest BCUT2D eigenvalue weighted by molar-refractivity contribution is 5.44. The number of benzene rings is 1. The van der Waals surface area contributed by atoms with Crippen molar-refractivity contribution in [1.82, 2.24) is 10.2 Å². The summed E-state index contributed by atoms with van der Waals surface area (Å²) in [7, 11) is 0. The van der Waals surface area contributed by atoms with Gasteiger partial charge in [-0.25, -0.2) is 0 Å². The minimum atomic E-state index is 0.410. The van der Waals surface area contributed by atoms with Crippen molar-refractivity contribution in [1.29, 1.82) is 0 Å². The van der Waals surface area contributed by atoms with Crippen molar-refractivity contribution in [2.45, 2.75) is 25.9 Å². The maximum Gasteiger partial charge on any atom is 0.161 e. The van der Waals surface area contributed by atoms with Crippen LogP contribution in [0.2, 0.25) is 0 Å². The van der Waals surface area contributed by atoms with E-state index in [-0.39, 0.29) is 0 Å². The van der Waals surface area contributed by atoms with Crippen molar-refractivity contribution in [3.05, 3.63) is 23.8 Å². The third kappa shape index (κ3) is 2.42. The minimum absolute atomic E-state index is 0.410. The molecule has 0 amide bonds. The average molecular weight is 262 g/mol. The summed E-state index contributed by atoms with van der Waals surface area (Å²) < 4.78 is 11.2. The molecular weight excluding hydrogens is 240 g/mol. The molecule has 2 aliphatic rings. The molecule has 0 aliphatic carbocycles. The summed E-state index contributed by atoms with van der Waals surface area (Å²) in [5.41, 5.74) is 1.30. The van der Waals surface area contributed by atoms with E-state index in [0.29, 0.717) is 25.3 Å². The van der Waals surface area contributed by atoms with E-state index >= 15 is 0 Å². The van der Waals surface area contributed by atoms with E-state index < -0.39 is 0 Å². The van der Waals surface area contributed by atoms with Crippen LogP contribution in [0.1, 0.15) is 25.5 Å². The fourth-order valence-electron chi connectivity index (χ4n) is 2.87. The van der Waals surface area contributed by atoms with E-state index in [0.717, 1.165) is 31.1 Å². The molecule has 1 aromatic rings. The Morgan fingerprint density at radius 1 is 1.26 bits per heavy atom. The van der Waals surface area contributed by atoms with E-state index in [4.69, 9.17) is 9.47 Å². The Balaban J connectivity index is 1.80. The lowest BCUT2D eigenvalue weighted by Gasteiger charge is -2.41. The van der Waals surface area contributed by atoms with Crippen LogP contribution in [0.5, 0.6) is 11.5 Å². The Morgan fingerprint density at radius 3 is 2.63 bits per heavy atom. The number of rotatable bonds is 4. The van der Waals surface area contributed by atoms with Crippen LogP contribution in [0.25, 0.3) is 0 Å². The number of hydrogen-bond acceptors (Lipinski definition) is 4. The summed E-state index contributed by atoms with van der Waals surface area (Å²) in [6, 6.07) is 7.40. The summed E-state index contributed by atoms with van der Waals surface area (Å²) in [6.07, 6.45) is 0. The van der Waals surface area contributed by atoms with Crippen molar-refractivity contribution in [2.24, 2.45) is 0 Å². The molecule has 2 aliphatic heterocycles. The largest absolute Gasteiger partial charge is 0.486 e. The quantitative estimate of drug-likeness (QED) is 0.897. The van der Waals surface area contributed by atoms with Crippen LogP contribution in [0, 0.1) is 0 Å². The molecule has 0 spiro atoms. The third-order valence-corrected chi connectivity index (χ3v) is 4.14. The zero-order chi connectivity index (χ0) is 13.2. The molecule has 104 valence electrons. The molecular formula is C15H22N2O2.